The van der Waals surface area contributed by atoms with Crippen molar-refractivity contribution in [3.63, 3.8) is 0 Å². The van der Waals surface area contributed by atoms with E-state index < -0.39 is 0 Å². The summed E-state index contributed by atoms with van der Waals surface area (Å²) >= 11 is 6.04. The molecule has 3 aromatic carbocycles. The van der Waals surface area contributed by atoms with E-state index in [0.717, 1.165) is 44.5 Å². The fourth-order valence-corrected chi connectivity index (χ4v) is 3.71. The molecule has 1 amide bonds. The molecule has 162 valence electrons. The van der Waals surface area contributed by atoms with Crippen molar-refractivity contribution in [3.8, 4) is 16.9 Å². The summed E-state index contributed by atoms with van der Waals surface area (Å²) in [6.45, 7) is 6.35. The predicted octanol–water partition coefficient (Wildman–Crippen LogP) is 7.50. The van der Waals surface area contributed by atoms with Crippen LogP contribution in [0.3, 0.4) is 0 Å². The second kappa shape index (κ2) is 9.33. The number of allylic oxidation sites excluding steroid dienone is 1. The Labute approximate surface area is 192 Å². The van der Waals surface area contributed by atoms with Gasteiger partial charge in [-0.25, -0.2) is 0 Å². The third-order valence-electron chi connectivity index (χ3n) is 5.22. The average molecular weight is 446 g/mol. The summed E-state index contributed by atoms with van der Waals surface area (Å²) in [4.78, 5) is 12.6. The second-order valence-electron chi connectivity index (χ2n) is 7.62. The number of hydrogen-bond acceptors (Lipinski definition) is 3. The molecule has 5 heteroatoms. The fraction of sp³-hybridized carbons (Fsp3) is 0.148. The summed E-state index contributed by atoms with van der Waals surface area (Å²) < 4.78 is 11.7. The van der Waals surface area contributed by atoms with E-state index in [9.17, 15) is 4.79 Å². The number of nitrogens with one attached hydrogen (secondary N) is 1. The van der Waals surface area contributed by atoms with Crippen LogP contribution in [0.5, 0.6) is 5.75 Å². The van der Waals surface area contributed by atoms with E-state index in [0.29, 0.717) is 17.4 Å². The summed E-state index contributed by atoms with van der Waals surface area (Å²) in [7, 11) is 0. The standard InChI is InChI=1S/C27H24ClNO3/c1-4-31-25-15-26-23(24(16-32-26)19-7-9-20(28)10-8-19)14-22(25)18(3)13-27(30)29-21-11-5-17(2)6-12-21/h5-16H,4H2,1-3H3,(H,29,30)/b18-13+. The number of carbonyl (C=O) groups is 1. The van der Waals surface area contributed by atoms with Crippen LogP contribution in [0.4, 0.5) is 5.69 Å². The van der Waals surface area contributed by atoms with Crippen molar-refractivity contribution in [2.24, 2.45) is 0 Å². The highest BCUT2D eigenvalue weighted by Gasteiger charge is 2.15. The van der Waals surface area contributed by atoms with Crippen molar-refractivity contribution >= 4 is 39.7 Å². The Morgan fingerprint density at radius 3 is 2.50 bits per heavy atom. The molecule has 0 saturated heterocycles. The first-order chi connectivity index (χ1) is 15.4. The molecule has 0 unspecified atom stereocenters. The van der Waals surface area contributed by atoms with Crippen molar-refractivity contribution < 1.29 is 13.9 Å². The molecule has 0 saturated carbocycles. The molecule has 0 spiro atoms. The summed E-state index contributed by atoms with van der Waals surface area (Å²) in [5.74, 6) is 0.480. The molecule has 0 aliphatic rings. The summed E-state index contributed by atoms with van der Waals surface area (Å²) in [5.41, 5.74) is 6.21. The zero-order valence-electron chi connectivity index (χ0n) is 18.2. The van der Waals surface area contributed by atoms with Crippen LogP contribution in [0.2, 0.25) is 5.02 Å². The molecule has 1 N–H and O–H groups in total. The lowest BCUT2D eigenvalue weighted by Crippen LogP contribution is -2.08. The Bertz CT molecular complexity index is 1290. The molecule has 32 heavy (non-hydrogen) atoms. The number of fused-ring (bicyclic) bond motifs is 1. The van der Waals surface area contributed by atoms with E-state index in [1.807, 2.05) is 81.4 Å². The third kappa shape index (κ3) is 4.71. The average Bonchev–Trinajstić information content (AvgIpc) is 3.18. The smallest absolute Gasteiger partial charge is 0.248 e. The molecule has 0 radical (unpaired) electrons. The topological polar surface area (TPSA) is 51.5 Å². The summed E-state index contributed by atoms with van der Waals surface area (Å²) in [5, 5.41) is 4.53. The van der Waals surface area contributed by atoms with E-state index >= 15 is 0 Å². The van der Waals surface area contributed by atoms with Gasteiger partial charge in [0, 0.05) is 39.4 Å². The fourth-order valence-electron chi connectivity index (χ4n) is 3.58. The Morgan fingerprint density at radius 2 is 1.81 bits per heavy atom. The van der Waals surface area contributed by atoms with Gasteiger partial charge in [-0.15, -0.1) is 0 Å². The van der Waals surface area contributed by atoms with Gasteiger partial charge in [-0.2, -0.15) is 0 Å². The highest BCUT2D eigenvalue weighted by molar-refractivity contribution is 6.30. The first-order valence-corrected chi connectivity index (χ1v) is 10.8. The minimum atomic E-state index is -0.195. The SMILES string of the molecule is CCOc1cc2occ(-c3ccc(Cl)cc3)c2cc1/C(C)=C/C(=O)Nc1ccc(C)cc1. The first-order valence-electron chi connectivity index (χ1n) is 10.4. The monoisotopic (exact) mass is 445 g/mol. The van der Waals surface area contributed by atoms with Crippen LogP contribution in [0.25, 0.3) is 27.7 Å². The van der Waals surface area contributed by atoms with E-state index in [1.54, 1.807) is 12.3 Å². The quantitative estimate of drug-likeness (QED) is 0.312. The maximum Gasteiger partial charge on any atom is 0.248 e. The number of amides is 1. The van der Waals surface area contributed by atoms with Crippen molar-refractivity contribution in [1.82, 2.24) is 0 Å². The Kier molecular flexibility index (Phi) is 6.33. The number of halogens is 1. The van der Waals surface area contributed by atoms with Gasteiger partial charge >= 0.3 is 0 Å². The highest BCUT2D eigenvalue weighted by Crippen LogP contribution is 2.37. The number of carbonyl (C=O) groups excluding carboxylic acids is 1. The molecule has 0 fully saturated rings. The van der Waals surface area contributed by atoms with Gasteiger partial charge in [0.05, 0.1) is 12.9 Å². The minimum Gasteiger partial charge on any atom is -0.493 e. The van der Waals surface area contributed by atoms with Crippen LogP contribution < -0.4 is 10.1 Å². The van der Waals surface area contributed by atoms with Gasteiger partial charge in [0.25, 0.3) is 0 Å². The van der Waals surface area contributed by atoms with Gasteiger partial charge < -0.3 is 14.5 Å². The second-order valence-corrected chi connectivity index (χ2v) is 8.05. The Balaban J connectivity index is 1.71. The number of aryl methyl sites for hydroxylation is 1. The number of benzene rings is 3. The normalized spacial score (nSPS) is 11.6. The molecule has 1 heterocycles. The van der Waals surface area contributed by atoms with E-state index in [1.165, 1.54) is 0 Å². The zero-order valence-corrected chi connectivity index (χ0v) is 19.0. The van der Waals surface area contributed by atoms with Gasteiger partial charge in [-0.05, 0) is 62.2 Å². The highest BCUT2D eigenvalue weighted by atomic mass is 35.5. The van der Waals surface area contributed by atoms with Crippen molar-refractivity contribution in [3.05, 3.63) is 89.2 Å². The molecule has 4 aromatic rings. The van der Waals surface area contributed by atoms with Crippen LogP contribution in [-0.4, -0.2) is 12.5 Å². The molecule has 0 bridgehead atoms. The zero-order chi connectivity index (χ0) is 22.7. The first kappa shape index (κ1) is 21.7. The molecule has 0 atom stereocenters. The van der Waals surface area contributed by atoms with Gasteiger partial charge in [0.2, 0.25) is 5.91 Å². The lowest BCUT2D eigenvalue weighted by molar-refractivity contribution is -0.111. The van der Waals surface area contributed by atoms with E-state index in [4.69, 9.17) is 20.8 Å². The van der Waals surface area contributed by atoms with Crippen LogP contribution in [0.15, 0.2) is 77.4 Å². The molecule has 0 aliphatic carbocycles. The molecule has 4 rings (SSSR count). The van der Waals surface area contributed by atoms with Crippen molar-refractivity contribution in [1.29, 1.82) is 0 Å². The summed E-state index contributed by atoms with van der Waals surface area (Å²) in [6.07, 6.45) is 3.32. The van der Waals surface area contributed by atoms with Gasteiger partial charge in [0.1, 0.15) is 11.3 Å². The maximum atomic E-state index is 12.6. The Morgan fingerprint density at radius 1 is 1.09 bits per heavy atom. The number of anilines is 1. The number of ether oxygens (including phenoxy) is 1. The molecular formula is C27H24ClNO3. The molecular weight excluding hydrogens is 422 g/mol. The lowest BCUT2D eigenvalue weighted by Gasteiger charge is -2.12. The van der Waals surface area contributed by atoms with Gasteiger partial charge in [-0.1, -0.05) is 41.4 Å². The number of furan rings is 1. The molecule has 1 aromatic heterocycles. The molecule has 0 aliphatic heterocycles. The number of hydrogen-bond donors (Lipinski definition) is 1. The summed E-state index contributed by atoms with van der Waals surface area (Å²) in [6, 6.07) is 19.2. The van der Waals surface area contributed by atoms with E-state index in [-0.39, 0.29) is 5.91 Å². The maximum absolute atomic E-state index is 12.6. The minimum absolute atomic E-state index is 0.195. The Hall–Kier alpha value is -3.50. The van der Waals surface area contributed by atoms with Crippen LogP contribution in [0, 0.1) is 6.92 Å². The lowest BCUT2D eigenvalue weighted by atomic mass is 9.99. The van der Waals surface area contributed by atoms with Crippen LogP contribution >= 0.6 is 11.6 Å². The number of rotatable bonds is 6. The van der Waals surface area contributed by atoms with Crippen molar-refractivity contribution in [2.75, 3.05) is 11.9 Å². The predicted molar refractivity (Wildman–Crippen MR) is 131 cm³/mol. The van der Waals surface area contributed by atoms with Gasteiger partial charge in [-0.3, -0.25) is 4.79 Å². The molecule has 4 nitrogen and oxygen atoms in total. The van der Waals surface area contributed by atoms with Crippen LogP contribution in [-0.2, 0) is 4.79 Å². The third-order valence-corrected chi connectivity index (χ3v) is 5.47. The van der Waals surface area contributed by atoms with Gasteiger partial charge in [0.15, 0.2) is 0 Å². The largest absolute Gasteiger partial charge is 0.493 e. The van der Waals surface area contributed by atoms with Crippen LogP contribution in [0.1, 0.15) is 25.0 Å². The van der Waals surface area contributed by atoms with Crippen molar-refractivity contribution in [2.45, 2.75) is 20.8 Å². The van der Waals surface area contributed by atoms with E-state index in [2.05, 4.69) is 5.32 Å².